The van der Waals surface area contributed by atoms with Crippen LogP contribution in [-0.4, -0.2) is 47.0 Å². The van der Waals surface area contributed by atoms with E-state index in [0.29, 0.717) is 13.1 Å². The number of sulfonamides is 1. The van der Waals surface area contributed by atoms with Crippen LogP contribution in [0.1, 0.15) is 12.8 Å². The van der Waals surface area contributed by atoms with E-state index in [9.17, 15) is 16.8 Å². The smallest absolute Gasteiger partial charge is 0.216 e. The van der Waals surface area contributed by atoms with Crippen molar-refractivity contribution in [3.8, 4) is 0 Å². The molecule has 0 aliphatic carbocycles. The zero-order chi connectivity index (χ0) is 12.4. The Morgan fingerprint density at radius 2 is 2.00 bits per heavy atom. The molecule has 0 saturated carbocycles. The zero-order valence-electron chi connectivity index (χ0n) is 9.09. The van der Waals surface area contributed by atoms with E-state index in [1.54, 1.807) is 0 Å². The Bertz CT molecular complexity index is 431. The van der Waals surface area contributed by atoms with Gasteiger partial charge < -0.3 is 0 Å². The van der Waals surface area contributed by atoms with Crippen LogP contribution in [0.4, 0.5) is 0 Å². The summed E-state index contributed by atoms with van der Waals surface area (Å²) in [5.74, 6) is -0.0122. The Hall–Kier alpha value is -0.220. The minimum Gasteiger partial charge on any atom is -0.216 e. The molecule has 1 heterocycles. The van der Waals surface area contributed by atoms with E-state index in [1.165, 1.54) is 4.31 Å². The number of rotatable bonds is 4. The lowest BCUT2D eigenvalue weighted by Gasteiger charge is -2.30. The molecule has 16 heavy (non-hydrogen) atoms. The predicted octanol–water partition coefficient (Wildman–Crippen LogP) is -1.55. The van der Waals surface area contributed by atoms with Gasteiger partial charge in [-0.25, -0.2) is 22.6 Å². The molecular formula is C7H17N3O4S2. The summed E-state index contributed by atoms with van der Waals surface area (Å²) in [5.41, 5.74) is 0. The van der Waals surface area contributed by atoms with Crippen molar-refractivity contribution in [2.45, 2.75) is 12.8 Å². The Balaban J connectivity index is 2.52. The van der Waals surface area contributed by atoms with Gasteiger partial charge >= 0.3 is 0 Å². The van der Waals surface area contributed by atoms with E-state index in [1.807, 2.05) is 0 Å². The quantitative estimate of drug-likeness (QED) is 0.645. The Labute approximate surface area is 96.2 Å². The molecule has 96 valence electrons. The summed E-state index contributed by atoms with van der Waals surface area (Å²) in [6.07, 6.45) is 2.70. The second-order valence-electron chi connectivity index (χ2n) is 4.02. The summed E-state index contributed by atoms with van der Waals surface area (Å²) in [6, 6.07) is 0. The Morgan fingerprint density at radius 3 is 2.50 bits per heavy atom. The SMILES string of the molecule is CS(=O)(=O)N1CCCC(CNS(N)(=O)=O)C1. The molecule has 0 spiro atoms. The first kappa shape index (κ1) is 13.8. The second-order valence-corrected chi connectivity index (χ2v) is 7.38. The van der Waals surface area contributed by atoms with Gasteiger partial charge in [-0.15, -0.1) is 0 Å². The van der Waals surface area contributed by atoms with Gasteiger partial charge in [0.1, 0.15) is 0 Å². The fourth-order valence-electron chi connectivity index (χ4n) is 1.73. The normalized spacial score (nSPS) is 24.5. The first-order valence-electron chi connectivity index (χ1n) is 4.91. The first-order chi connectivity index (χ1) is 7.18. The molecule has 0 aromatic heterocycles. The van der Waals surface area contributed by atoms with E-state index < -0.39 is 20.2 Å². The molecule has 0 amide bonds. The molecule has 1 rings (SSSR count). The number of hydrogen-bond donors (Lipinski definition) is 2. The van der Waals surface area contributed by atoms with Crippen LogP contribution in [0, 0.1) is 5.92 Å². The molecule has 1 atom stereocenters. The summed E-state index contributed by atoms with van der Waals surface area (Å²) in [6.45, 7) is 1.04. The van der Waals surface area contributed by atoms with E-state index >= 15 is 0 Å². The maximum Gasteiger partial charge on any atom is 0.274 e. The highest BCUT2D eigenvalue weighted by Gasteiger charge is 2.26. The number of nitrogens with zero attached hydrogens (tertiary/aromatic N) is 1. The highest BCUT2D eigenvalue weighted by molar-refractivity contribution is 7.88. The molecule has 7 nitrogen and oxygen atoms in total. The van der Waals surface area contributed by atoms with Crippen LogP contribution in [0.2, 0.25) is 0 Å². The third kappa shape index (κ3) is 4.74. The van der Waals surface area contributed by atoms with Gasteiger partial charge in [0.15, 0.2) is 0 Å². The van der Waals surface area contributed by atoms with Crippen LogP contribution < -0.4 is 9.86 Å². The van der Waals surface area contributed by atoms with Gasteiger partial charge in [0.25, 0.3) is 10.2 Å². The summed E-state index contributed by atoms with van der Waals surface area (Å²) in [5, 5.41) is 4.80. The molecule has 1 fully saturated rings. The van der Waals surface area contributed by atoms with Gasteiger partial charge in [0.2, 0.25) is 10.0 Å². The van der Waals surface area contributed by atoms with Crippen molar-refractivity contribution in [2.75, 3.05) is 25.9 Å². The Morgan fingerprint density at radius 1 is 1.38 bits per heavy atom. The van der Waals surface area contributed by atoms with Crippen LogP contribution in [0.5, 0.6) is 0 Å². The minimum atomic E-state index is -3.69. The molecule has 0 bridgehead atoms. The molecule has 1 unspecified atom stereocenters. The molecule has 9 heteroatoms. The van der Waals surface area contributed by atoms with Crippen LogP contribution in [0.15, 0.2) is 0 Å². The largest absolute Gasteiger partial charge is 0.274 e. The first-order valence-corrected chi connectivity index (χ1v) is 8.30. The molecule has 0 radical (unpaired) electrons. The zero-order valence-corrected chi connectivity index (χ0v) is 10.7. The summed E-state index contributed by atoms with van der Waals surface area (Å²) in [7, 11) is -6.88. The molecule has 1 aliphatic heterocycles. The van der Waals surface area contributed by atoms with Gasteiger partial charge in [-0.05, 0) is 18.8 Å². The van der Waals surface area contributed by atoms with Crippen molar-refractivity contribution in [3.05, 3.63) is 0 Å². The van der Waals surface area contributed by atoms with Crippen LogP contribution in [-0.2, 0) is 20.2 Å². The van der Waals surface area contributed by atoms with E-state index in [0.717, 1.165) is 19.1 Å². The van der Waals surface area contributed by atoms with Gasteiger partial charge in [-0.2, -0.15) is 8.42 Å². The fraction of sp³-hybridized carbons (Fsp3) is 1.00. The third-order valence-electron chi connectivity index (χ3n) is 2.52. The second kappa shape index (κ2) is 4.96. The highest BCUT2D eigenvalue weighted by Crippen LogP contribution is 2.17. The van der Waals surface area contributed by atoms with E-state index in [2.05, 4.69) is 4.72 Å². The van der Waals surface area contributed by atoms with Gasteiger partial charge in [-0.1, -0.05) is 0 Å². The van der Waals surface area contributed by atoms with Crippen molar-refractivity contribution in [1.82, 2.24) is 9.03 Å². The summed E-state index contributed by atoms with van der Waals surface area (Å²) < 4.78 is 47.5. The summed E-state index contributed by atoms with van der Waals surface area (Å²) in [4.78, 5) is 0. The van der Waals surface area contributed by atoms with Gasteiger partial charge in [-0.3, -0.25) is 0 Å². The molecule has 1 saturated heterocycles. The Kier molecular flexibility index (Phi) is 4.29. The number of piperidine rings is 1. The van der Waals surface area contributed by atoms with E-state index in [-0.39, 0.29) is 12.5 Å². The van der Waals surface area contributed by atoms with Crippen molar-refractivity contribution in [1.29, 1.82) is 0 Å². The molecule has 1 aliphatic rings. The van der Waals surface area contributed by atoms with Crippen LogP contribution in [0.25, 0.3) is 0 Å². The molecular weight excluding hydrogens is 254 g/mol. The number of nitrogens with one attached hydrogen (secondary N) is 1. The average molecular weight is 271 g/mol. The van der Waals surface area contributed by atoms with E-state index in [4.69, 9.17) is 5.14 Å². The lowest BCUT2D eigenvalue weighted by molar-refractivity contribution is 0.268. The van der Waals surface area contributed by atoms with Gasteiger partial charge in [0.05, 0.1) is 6.26 Å². The average Bonchev–Trinajstić information content (AvgIpc) is 2.13. The van der Waals surface area contributed by atoms with Crippen molar-refractivity contribution < 1.29 is 16.8 Å². The number of nitrogens with two attached hydrogens (primary N) is 1. The topological polar surface area (TPSA) is 110 Å². The fourth-order valence-corrected chi connectivity index (χ4v) is 3.14. The lowest BCUT2D eigenvalue weighted by atomic mass is 10.0. The van der Waals surface area contributed by atoms with Gasteiger partial charge in [0, 0.05) is 19.6 Å². The van der Waals surface area contributed by atoms with Crippen LogP contribution in [0.3, 0.4) is 0 Å². The molecule has 0 aromatic rings. The maximum absolute atomic E-state index is 11.3. The van der Waals surface area contributed by atoms with Crippen molar-refractivity contribution in [2.24, 2.45) is 11.1 Å². The molecule has 0 aromatic carbocycles. The standard InChI is InChI=1S/C7H17N3O4S2/c1-15(11,12)10-4-2-3-7(6-10)5-9-16(8,13)14/h7,9H,2-6H2,1H3,(H2,8,13,14). The van der Waals surface area contributed by atoms with Crippen molar-refractivity contribution in [3.63, 3.8) is 0 Å². The monoisotopic (exact) mass is 271 g/mol. The molecule has 3 N–H and O–H groups in total. The van der Waals surface area contributed by atoms with Crippen LogP contribution >= 0.6 is 0 Å². The third-order valence-corrected chi connectivity index (χ3v) is 4.36. The van der Waals surface area contributed by atoms with Crippen molar-refractivity contribution >= 4 is 20.2 Å². The minimum absolute atomic E-state index is 0.0122. The highest BCUT2D eigenvalue weighted by atomic mass is 32.2. The predicted molar refractivity (Wildman–Crippen MR) is 60.3 cm³/mol. The lowest BCUT2D eigenvalue weighted by Crippen LogP contribution is -2.44. The number of hydrogen-bond acceptors (Lipinski definition) is 4. The maximum atomic E-state index is 11.3. The summed E-state index contributed by atoms with van der Waals surface area (Å²) >= 11 is 0.